The highest BCUT2D eigenvalue weighted by Crippen LogP contribution is 2.27. The monoisotopic (exact) mass is 422 g/mol. The first-order valence-electron chi connectivity index (χ1n) is 9.52. The lowest BCUT2D eigenvalue weighted by molar-refractivity contribution is -0.118. The minimum Gasteiger partial charge on any atom is -0.423 e. The molecule has 2 aromatic heterocycles. The second-order valence-corrected chi connectivity index (χ2v) is 8.36. The van der Waals surface area contributed by atoms with Gasteiger partial charge in [0.05, 0.1) is 10.9 Å². The fourth-order valence-corrected chi connectivity index (χ4v) is 4.34. The highest BCUT2D eigenvalue weighted by atomic mass is 32.2. The molecule has 1 aliphatic heterocycles. The van der Waals surface area contributed by atoms with Crippen LogP contribution in [0, 0.1) is 0 Å². The highest BCUT2D eigenvalue weighted by Gasteiger charge is 2.31. The number of fused-ring (bicyclic) bond motifs is 2. The number of anilines is 1. The van der Waals surface area contributed by atoms with Crippen LogP contribution in [0.15, 0.2) is 51.4 Å². The van der Waals surface area contributed by atoms with Crippen molar-refractivity contribution in [2.24, 2.45) is 0 Å². The van der Waals surface area contributed by atoms with Crippen molar-refractivity contribution in [2.45, 2.75) is 18.1 Å². The molecule has 0 bridgehead atoms. The number of nitrogens with zero attached hydrogens (tertiary/aromatic N) is 3. The molecule has 0 saturated carbocycles. The molecule has 0 radical (unpaired) electrons. The minimum absolute atomic E-state index is 0.240. The summed E-state index contributed by atoms with van der Waals surface area (Å²) < 4.78 is 11.3. The summed E-state index contributed by atoms with van der Waals surface area (Å²) in [6, 6.07) is 13.9. The summed E-state index contributed by atoms with van der Waals surface area (Å²) in [5.41, 5.74) is 4.06. The van der Waals surface area contributed by atoms with Crippen molar-refractivity contribution >= 4 is 51.0 Å². The van der Waals surface area contributed by atoms with E-state index in [1.807, 2.05) is 54.4 Å². The number of amides is 2. The predicted molar refractivity (Wildman–Crippen MR) is 114 cm³/mol. The first kappa shape index (κ1) is 18.7. The molecule has 3 heterocycles. The van der Waals surface area contributed by atoms with Gasteiger partial charge in [-0.2, -0.15) is 4.98 Å². The summed E-state index contributed by atoms with van der Waals surface area (Å²) in [4.78, 5) is 29.7. The first-order valence-corrected chi connectivity index (χ1v) is 10.4. The maximum Gasteiger partial charge on any atom is 0.298 e. The molecule has 1 atom stereocenters. The Morgan fingerprint density at radius 3 is 2.83 bits per heavy atom. The number of imide groups is 1. The van der Waals surface area contributed by atoms with Crippen LogP contribution in [0.1, 0.15) is 11.3 Å². The van der Waals surface area contributed by atoms with Crippen molar-refractivity contribution in [2.75, 3.05) is 18.5 Å². The third-order valence-electron chi connectivity index (χ3n) is 5.09. The lowest BCUT2D eigenvalue weighted by atomic mass is 10.1. The van der Waals surface area contributed by atoms with Gasteiger partial charge in [-0.25, -0.2) is 0 Å². The molecule has 2 amide bonds. The van der Waals surface area contributed by atoms with Crippen molar-refractivity contribution in [1.82, 2.24) is 15.5 Å². The van der Waals surface area contributed by atoms with Gasteiger partial charge in [0.1, 0.15) is 5.52 Å². The molecule has 152 valence electrons. The average molecular weight is 422 g/mol. The predicted octanol–water partition coefficient (Wildman–Crippen LogP) is 3.54. The molecule has 5 rings (SSSR count). The Morgan fingerprint density at radius 2 is 2.03 bits per heavy atom. The fourth-order valence-electron chi connectivity index (χ4n) is 3.48. The van der Waals surface area contributed by atoms with Crippen LogP contribution in [0.4, 0.5) is 10.8 Å². The molecule has 30 heavy (non-hydrogen) atoms. The second kappa shape index (κ2) is 7.49. The summed E-state index contributed by atoms with van der Waals surface area (Å²) in [6.07, 6.45) is 1.12. The van der Waals surface area contributed by atoms with E-state index >= 15 is 0 Å². The Hall–Kier alpha value is -3.33. The van der Waals surface area contributed by atoms with Crippen LogP contribution < -0.4 is 10.2 Å². The van der Waals surface area contributed by atoms with E-state index in [1.54, 1.807) is 0 Å². The lowest BCUT2D eigenvalue weighted by Gasteiger charge is -2.13. The molecule has 4 aromatic rings. The van der Waals surface area contributed by atoms with E-state index in [2.05, 4.69) is 15.5 Å². The summed E-state index contributed by atoms with van der Waals surface area (Å²) in [5.74, 6) is -0.240. The van der Waals surface area contributed by atoms with E-state index in [9.17, 15) is 9.59 Å². The normalized spacial score (nSPS) is 16.5. The van der Waals surface area contributed by atoms with Gasteiger partial charge in [-0.05, 0) is 36.2 Å². The van der Waals surface area contributed by atoms with Gasteiger partial charge in [0, 0.05) is 25.4 Å². The summed E-state index contributed by atoms with van der Waals surface area (Å²) >= 11 is 1.03. The van der Waals surface area contributed by atoms with Gasteiger partial charge in [-0.3, -0.25) is 14.9 Å². The van der Waals surface area contributed by atoms with Gasteiger partial charge in [0.25, 0.3) is 11.3 Å². The standard InChI is InChI=1S/C21H18N4O4S/c1-25(20-22-15-4-2-3-5-17(15)28-20)9-8-14-13-10-12(6-7-16(13)29-24-14)11-18-19(26)23-21(27)30-18/h2-7,10,18H,8-9,11H2,1H3,(H,23,26,27). The Labute approximate surface area is 175 Å². The Kier molecular flexibility index (Phi) is 4.66. The van der Waals surface area contributed by atoms with E-state index < -0.39 is 5.25 Å². The third kappa shape index (κ3) is 3.52. The van der Waals surface area contributed by atoms with Crippen LogP contribution in [0.2, 0.25) is 0 Å². The summed E-state index contributed by atoms with van der Waals surface area (Å²) in [5, 5.41) is 6.75. The van der Waals surface area contributed by atoms with E-state index in [4.69, 9.17) is 8.94 Å². The zero-order valence-corrected chi connectivity index (χ0v) is 16.9. The molecule has 1 aliphatic rings. The molecular weight excluding hydrogens is 404 g/mol. The largest absolute Gasteiger partial charge is 0.423 e. The van der Waals surface area contributed by atoms with Crippen molar-refractivity contribution in [1.29, 1.82) is 0 Å². The summed E-state index contributed by atoms with van der Waals surface area (Å²) in [6.45, 7) is 0.647. The van der Waals surface area contributed by atoms with Crippen LogP contribution in [-0.4, -0.2) is 40.1 Å². The van der Waals surface area contributed by atoms with Crippen molar-refractivity contribution in [3.05, 3.63) is 53.7 Å². The van der Waals surface area contributed by atoms with E-state index in [-0.39, 0.29) is 11.1 Å². The number of hydrogen-bond donors (Lipinski definition) is 1. The zero-order chi connectivity index (χ0) is 20.7. The van der Waals surface area contributed by atoms with Gasteiger partial charge >= 0.3 is 0 Å². The van der Waals surface area contributed by atoms with E-state index in [0.29, 0.717) is 31.0 Å². The molecule has 1 N–H and O–H groups in total. The molecule has 8 nitrogen and oxygen atoms in total. The van der Waals surface area contributed by atoms with Gasteiger partial charge in [0.15, 0.2) is 11.2 Å². The van der Waals surface area contributed by atoms with Crippen molar-refractivity contribution in [3.63, 3.8) is 0 Å². The first-order chi connectivity index (χ1) is 14.6. The average Bonchev–Trinajstić information content (AvgIpc) is 3.43. The van der Waals surface area contributed by atoms with Gasteiger partial charge < -0.3 is 13.8 Å². The minimum atomic E-state index is -0.399. The quantitative estimate of drug-likeness (QED) is 0.503. The number of thioether (sulfide) groups is 1. The van der Waals surface area contributed by atoms with Crippen LogP contribution in [-0.2, 0) is 17.6 Å². The lowest BCUT2D eigenvalue weighted by Crippen LogP contribution is -2.25. The van der Waals surface area contributed by atoms with Crippen molar-refractivity contribution < 1.29 is 18.5 Å². The fraction of sp³-hybridized carbons (Fsp3) is 0.238. The number of carbonyl (C=O) groups excluding carboxylic acids is 2. The Morgan fingerprint density at radius 1 is 1.17 bits per heavy atom. The van der Waals surface area contributed by atoms with Gasteiger partial charge in [-0.1, -0.05) is 35.1 Å². The van der Waals surface area contributed by atoms with Crippen LogP contribution in [0.3, 0.4) is 0 Å². The Balaban J connectivity index is 1.31. The van der Waals surface area contributed by atoms with E-state index in [0.717, 1.165) is 39.5 Å². The van der Waals surface area contributed by atoms with Gasteiger partial charge in [0.2, 0.25) is 5.91 Å². The number of para-hydroxylation sites is 2. The number of hydrogen-bond acceptors (Lipinski definition) is 8. The summed E-state index contributed by atoms with van der Waals surface area (Å²) in [7, 11) is 1.92. The molecule has 2 aromatic carbocycles. The Bertz CT molecular complexity index is 1230. The number of oxazole rings is 1. The molecule has 9 heteroatoms. The maximum absolute atomic E-state index is 11.8. The number of rotatable bonds is 6. The SMILES string of the molecule is CN(CCc1noc2ccc(CC3SC(=O)NC3=O)cc12)c1nc2ccccc2o1. The third-order valence-corrected chi connectivity index (χ3v) is 6.07. The number of benzene rings is 2. The molecule has 1 unspecified atom stereocenters. The number of likely N-dealkylation sites (N-methyl/N-ethyl adjacent to an activating group) is 1. The molecule has 0 spiro atoms. The van der Waals surface area contributed by atoms with Crippen LogP contribution in [0.5, 0.6) is 0 Å². The van der Waals surface area contributed by atoms with Crippen LogP contribution in [0.25, 0.3) is 22.1 Å². The number of carbonyl (C=O) groups is 2. The molecule has 1 saturated heterocycles. The number of aromatic nitrogens is 2. The maximum atomic E-state index is 11.8. The molecule has 0 aliphatic carbocycles. The van der Waals surface area contributed by atoms with Gasteiger partial charge in [-0.15, -0.1) is 0 Å². The molecule has 1 fully saturated rings. The van der Waals surface area contributed by atoms with Crippen molar-refractivity contribution in [3.8, 4) is 0 Å². The zero-order valence-electron chi connectivity index (χ0n) is 16.1. The second-order valence-electron chi connectivity index (χ2n) is 7.18. The highest BCUT2D eigenvalue weighted by molar-refractivity contribution is 8.15. The smallest absolute Gasteiger partial charge is 0.298 e. The number of nitrogens with one attached hydrogen (secondary N) is 1. The van der Waals surface area contributed by atoms with E-state index in [1.165, 1.54) is 0 Å². The topological polar surface area (TPSA) is 101 Å². The molecular formula is C21H18N4O4S. The van der Waals surface area contributed by atoms with Crippen LogP contribution >= 0.6 is 11.8 Å².